The van der Waals surface area contributed by atoms with Crippen LogP contribution in [0.1, 0.15) is 5.01 Å². The van der Waals surface area contributed by atoms with Crippen LogP contribution in [0.4, 0.5) is 0 Å². The lowest BCUT2D eigenvalue weighted by atomic mass is 10.2. The number of nitrogens with one attached hydrogen (secondary N) is 1. The van der Waals surface area contributed by atoms with Crippen LogP contribution in [0.25, 0.3) is 10.4 Å². The zero-order chi connectivity index (χ0) is 10.5. The van der Waals surface area contributed by atoms with Crippen molar-refractivity contribution in [3.63, 3.8) is 0 Å². The van der Waals surface area contributed by atoms with Gasteiger partial charge in [0.2, 0.25) is 0 Å². The van der Waals surface area contributed by atoms with Crippen LogP contribution in [0.2, 0.25) is 0 Å². The molecule has 0 amide bonds. The summed E-state index contributed by atoms with van der Waals surface area (Å²) >= 11 is 1.77. The Morgan fingerprint density at radius 2 is 2.07 bits per heavy atom. The number of likely N-dealkylation sites (N-methyl/N-ethyl adjacent to an activating group) is 1. The number of hydrogen-bond donors (Lipinski definition) is 1. The van der Waals surface area contributed by atoms with Crippen LogP contribution in [0.15, 0.2) is 36.5 Å². The summed E-state index contributed by atoms with van der Waals surface area (Å²) in [7, 11) is 1.96. The van der Waals surface area contributed by atoms with E-state index in [4.69, 9.17) is 0 Å². The molecule has 2 nitrogen and oxygen atoms in total. The average Bonchev–Trinajstić information content (AvgIpc) is 2.76. The van der Waals surface area contributed by atoms with Gasteiger partial charge in [-0.15, -0.1) is 11.3 Å². The standard InChI is InChI=1S/C12H14N2S/c1-13-8-7-12-14-9-11(15-12)10-5-3-2-4-6-10/h2-6,9,13H,7-8H2,1H3. The van der Waals surface area contributed by atoms with Gasteiger partial charge in [0.1, 0.15) is 0 Å². The Hall–Kier alpha value is -1.19. The van der Waals surface area contributed by atoms with Crippen LogP contribution in [0, 0.1) is 0 Å². The fraction of sp³-hybridized carbons (Fsp3) is 0.250. The van der Waals surface area contributed by atoms with Gasteiger partial charge in [0, 0.05) is 19.2 Å². The third kappa shape index (κ3) is 2.64. The lowest BCUT2D eigenvalue weighted by Crippen LogP contribution is -2.09. The van der Waals surface area contributed by atoms with Gasteiger partial charge in [-0.25, -0.2) is 4.98 Å². The summed E-state index contributed by atoms with van der Waals surface area (Å²) in [5.74, 6) is 0. The van der Waals surface area contributed by atoms with Gasteiger partial charge in [-0.3, -0.25) is 0 Å². The van der Waals surface area contributed by atoms with Crippen LogP contribution in [-0.2, 0) is 6.42 Å². The summed E-state index contributed by atoms with van der Waals surface area (Å²) in [5.41, 5.74) is 1.26. The third-order valence-corrected chi connectivity index (χ3v) is 3.31. The van der Waals surface area contributed by atoms with Crippen LogP contribution >= 0.6 is 11.3 Å². The number of aromatic nitrogens is 1. The number of hydrogen-bond acceptors (Lipinski definition) is 3. The van der Waals surface area contributed by atoms with Gasteiger partial charge in [-0.05, 0) is 12.6 Å². The molecule has 0 radical (unpaired) electrons. The van der Waals surface area contributed by atoms with E-state index >= 15 is 0 Å². The first-order valence-electron chi connectivity index (χ1n) is 5.05. The first kappa shape index (κ1) is 10.3. The van der Waals surface area contributed by atoms with Crippen molar-refractivity contribution in [2.24, 2.45) is 0 Å². The first-order valence-corrected chi connectivity index (χ1v) is 5.86. The maximum atomic E-state index is 4.41. The third-order valence-electron chi connectivity index (χ3n) is 2.20. The van der Waals surface area contributed by atoms with Crippen LogP contribution in [0.5, 0.6) is 0 Å². The van der Waals surface area contributed by atoms with Crippen LogP contribution in [0.3, 0.4) is 0 Å². The fourth-order valence-corrected chi connectivity index (χ4v) is 2.32. The van der Waals surface area contributed by atoms with E-state index in [1.807, 2.05) is 19.3 Å². The van der Waals surface area contributed by atoms with E-state index in [0.29, 0.717) is 0 Å². The lowest BCUT2D eigenvalue weighted by Gasteiger charge is -1.94. The first-order chi connectivity index (χ1) is 7.40. The molecule has 0 spiro atoms. The summed E-state index contributed by atoms with van der Waals surface area (Å²) in [4.78, 5) is 5.66. The van der Waals surface area contributed by atoms with E-state index in [1.165, 1.54) is 15.4 Å². The van der Waals surface area contributed by atoms with Gasteiger partial charge in [0.25, 0.3) is 0 Å². The Kier molecular flexibility index (Phi) is 3.48. The minimum absolute atomic E-state index is 0.988. The van der Waals surface area contributed by atoms with E-state index < -0.39 is 0 Å². The van der Waals surface area contributed by atoms with Crippen LogP contribution < -0.4 is 5.32 Å². The highest BCUT2D eigenvalue weighted by Crippen LogP contribution is 2.25. The number of nitrogens with zero attached hydrogens (tertiary/aromatic N) is 1. The lowest BCUT2D eigenvalue weighted by molar-refractivity contribution is 0.787. The molecule has 1 aromatic carbocycles. The average molecular weight is 218 g/mol. The predicted molar refractivity (Wildman–Crippen MR) is 65.2 cm³/mol. The molecule has 15 heavy (non-hydrogen) atoms. The Bertz CT molecular complexity index is 409. The molecule has 0 atom stereocenters. The molecule has 0 saturated heterocycles. The molecule has 1 aromatic heterocycles. The minimum atomic E-state index is 0.988. The Balaban J connectivity index is 2.14. The SMILES string of the molecule is CNCCc1ncc(-c2ccccc2)s1. The quantitative estimate of drug-likeness (QED) is 0.853. The van der Waals surface area contributed by atoms with Crippen molar-refractivity contribution >= 4 is 11.3 Å². The van der Waals surface area contributed by atoms with E-state index in [1.54, 1.807) is 11.3 Å². The Labute approximate surface area is 94.0 Å². The summed E-state index contributed by atoms with van der Waals surface area (Å²) in [6.45, 7) is 0.988. The molecule has 0 unspecified atom stereocenters. The highest BCUT2D eigenvalue weighted by molar-refractivity contribution is 7.15. The van der Waals surface area contributed by atoms with Gasteiger partial charge in [-0.1, -0.05) is 30.3 Å². The molecule has 1 heterocycles. The van der Waals surface area contributed by atoms with Gasteiger partial charge in [-0.2, -0.15) is 0 Å². The summed E-state index contributed by atoms with van der Waals surface area (Å²) < 4.78 is 0. The maximum absolute atomic E-state index is 4.41. The van der Waals surface area contributed by atoms with E-state index in [-0.39, 0.29) is 0 Å². The second-order valence-corrected chi connectivity index (χ2v) is 4.45. The molecule has 2 rings (SSSR count). The highest BCUT2D eigenvalue weighted by atomic mass is 32.1. The Morgan fingerprint density at radius 1 is 1.27 bits per heavy atom. The zero-order valence-electron chi connectivity index (χ0n) is 8.73. The summed E-state index contributed by atoms with van der Waals surface area (Å²) in [6.07, 6.45) is 2.97. The molecule has 3 heteroatoms. The molecular formula is C12H14N2S. The smallest absolute Gasteiger partial charge is 0.0943 e. The normalized spacial score (nSPS) is 10.5. The van der Waals surface area contributed by atoms with Crippen molar-refractivity contribution in [2.75, 3.05) is 13.6 Å². The van der Waals surface area contributed by atoms with Crippen molar-refractivity contribution in [2.45, 2.75) is 6.42 Å². The molecular weight excluding hydrogens is 204 g/mol. The second kappa shape index (κ2) is 5.05. The van der Waals surface area contributed by atoms with Gasteiger partial charge >= 0.3 is 0 Å². The maximum Gasteiger partial charge on any atom is 0.0943 e. The number of benzene rings is 1. The molecule has 0 aliphatic heterocycles. The molecule has 2 aromatic rings. The monoisotopic (exact) mass is 218 g/mol. The summed E-state index contributed by atoms with van der Waals surface area (Å²) in [5, 5.41) is 4.33. The topological polar surface area (TPSA) is 24.9 Å². The largest absolute Gasteiger partial charge is 0.319 e. The van der Waals surface area contributed by atoms with Crippen molar-refractivity contribution in [1.82, 2.24) is 10.3 Å². The van der Waals surface area contributed by atoms with Crippen molar-refractivity contribution in [3.8, 4) is 10.4 Å². The molecule has 0 saturated carbocycles. The fourth-order valence-electron chi connectivity index (χ4n) is 1.39. The predicted octanol–water partition coefficient (Wildman–Crippen LogP) is 2.57. The number of thiazole rings is 1. The van der Waals surface area contributed by atoms with Gasteiger partial charge in [0.15, 0.2) is 0 Å². The molecule has 1 N–H and O–H groups in total. The molecule has 0 bridgehead atoms. The number of rotatable bonds is 4. The molecule has 78 valence electrons. The van der Waals surface area contributed by atoms with Crippen molar-refractivity contribution in [1.29, 1.82) is 0 Å². The Morgan fingerprint density at radius 3 is 2.80 bits per heavy atom. The zero-order valence-corrected chi connectivity index (χ0v) is 9.55. The summed E-state index contributed by atoms with van der Waals surface area (Å²) in [6, 6.07) is 10.4. The van der Waals surface area contributed by atoms with Gasteiger partial charge < -0.3 is 5.32 Å². The highest BCUT2D eigenvalue weighted by Gasteiger charge is 2.02. The van der Waals surface area contributed by atoms with Crippen LogP contribution in [-0.4, -0.2) is 18.6 Å². The second-order valence-electron chi connectivity index (χ2n) is 3.34. The molecule has 0 aliphatic carbocycles. The molecule has 0 aliphatic rings. The van der Waals surface area contributed by atoms with Gasteiger partial charge in [0.05, 0.1) is 9.88 Å². The van der Waals surface area contributed by atoms with Crippen molar-refractivity contribution < 1.29 is 0 Å². The minimum Gasteiger partial charge on any atom is -0.319 e. The van der Waals surface area contributed by atoms with E-state index in [9.17, 15) is 0 Å². The van der Waals surface area contributed by atoms with E-state index in [2.05, 4.69) is 34.6 Å². The van der Waals surface area contributed by atoms with Crippen molar-refractivity contribution in [3.05, 3.63) is 41.5 Å². The van der Waals surface area contributed by atoms with E-state index in [0.717, 1.165) is 13.0 Å². The molecule has 0 fully saturated rings.